The van der Waals surface area contributed by atoms with Crippen LogP contribution in [0.2, 0.25) is 6.04 Å². The van der Waals surface area contributed by atoms with E-state index in [-0.39, 0.29) is 11.6 Å². The Bertz CT molecular complexity index is 340. The van der Waals surface area contributed by atoms with Gasteiger partial charge in [-0.3, -0.25) is 0 Å². The van der Waals surface area contributed by atoms with E-state index in [1.165, 1.54) is 83.5 Å². The van der Waals surface area contributed by atoms with Crippen molar-refractivity contribution in [1.82, 2.24) is 0 Å². The second-order valence-electron chi connectivity index (χ2n) is 9.76. The fourth-order valence-corrected chi connectivity index (χ4v) is 4.85. The standard InChI is InChI=1S/C23H51NO3Si/c1-4-5-6-7-8-9-10-11-12-13-14-15-16-18-22(21-23(2,3)24)19-17-20-28(25,26)27/h22,25-27H,4-21,24H2,1-3H3. The molecule has 0 saturated heterocycles. The summed E-state index contributed by atoms with van der Waals surface area (Å²) in [4.78, 5) is 27.6. The quantitative estimate of drug-likeness (QED) is 0.146. The molecule has 0 bridgehead atoms. The second kappa shape index (κ2) is 16.8. The van der Waals surface area contributed by atoms with Gasteiger partial charge < -0.3 is 20.1 Å². The Balaban J connectivity index is 3.67. The third-order valence-electron chi connectivity index (χ3n) is 5.66. The molecule has 0 aromatic rings. The predicted molar refractivity (Wildman–Crippen MR) is 123 cm³/mol. The van der Waals surface area contributed by atoms with Gasteiger partial charge in [-0.05, 0) is 32.6 Å². The van der Waals surface area contributed by atoms with Gasteiger partial charge in [-0.1, -0.05) is 103 Å². The minimum atomic E-state index is -3.89. The summed E-state index contributed by atoms with van der Waals surface area (Å²) in [5.74, 6) is 0.518. The molecule has 170 valence electrons. The summed E-state index contributed by atoms with van der Waals surface area (Å²) in [7, 11) is -3.89. The summed E-state index contributed by atoms with van der Waals surface area (Å²) in [6.45, 7) is 6.40. The number of rotatable bonds is 20. The van der Waals surface area contributed by atoms with Gasteiger partial charge in [0.05, 0.1) is 0 Å². The van der Waals surface area contributed by atoms with Crippen molar-refractivity contribution in [2.45, 2.75) is 142 Å². The van der Waals surface area contributed by atoms with Crippen molar-refractivity contribution in [3.05, 3.63) is 0 Å². The van der Waals surface area contributed by atoms with Gasteiger partial charge in [0, 0.05) is 11.6 Å². The zero-order valence-corrected chi connectivity index (χ0v) is 20.2. The maximum Gasteiger partial charge on any atom is 0.492 e. The summed E-state index contributed by atoms with van der Waals surface area (Å²) in [5, 5.41) is 0. The Morgan fingerprint density at radius 1 is 0.679 bits per heavy atom. The highest BCUT2D eigenvalue weighted by Gasteiger charge is 2.27. The van der Waals surface area contributed by atoms with E-state index >= 15 is 0 Å². The molecule has 5 N–H and O–H groups in total. The monoisotopic (exact) mass is 417 g/mol. The van der Waals surface area contributed by atoms with Crippen molar-refractivity contribution in [3.63, 3.8) is 0 Å². The first kappa shape index (κ1) is 28.1. The number of unbranched alkanes of at least 4 members (excludes halogenated alkanes) is 12. The Hall–Kier alpha value is 0.0569. The van der Waals surface area contributed by atoms with Crippen LogP contribution in [-0.2, 0) is 0 Å². The Kier molecular flexibility index (Phi) is 16.8. The molecule has 0 spiro atoms. The van der Waals surface area contributed by atoms with Crippen molar-refractivity contribution >= 4 is 8.80 Å². The van der Waals surface area contributed by atoms with Crippen molar-refractivity contribution in [3.8, 4) is 0 Å². The van der Waals surface area contributed by atoms with Gasteiger partial charge in [-0.2, -0.15) is 0 Å². The molecular weight excluding hydrogens is 366 g/mol. The molecule has 0 aliphatic carbocycles. The molecule has 5 heteroatoms. The van der Waals surface area contributed by atoms with E-state index < -0.39 is 8.80 Å². The predicted octanol–water partition coefficient (Wildman–Crippen LogP) is 5.91. The van der Waals surface area contributed by atoms with E-state index in [1.807, 2.05) is 0 Å². The molecule has 0 fully saturated rings. The van der Waals surface area contributed by atoms with Gasteiger partial charge in [0.2, 0.25) is 0 Å². The zero-order valence-electron chi connectivity index (χ0n) is 19.2. The normalized spacial score (nSPS) is 13.8. The lowest BCUT2D eigenvalue weighted by Gasteiger charge is -2.26. The lowest BCUT2D eigenvalue weighted by Crippen LogP contribution is -2.35. The number of hydrogen-bond acceptors (Lipinski definition) is 4. The van der Waals surface area contributed by atoms with Gasteiger partial charge in [0.25, 0.3) is 0 Å². The lowest BCUT2D eigenvalue weighted by atomic mass is 9.85. The largest absolute Gasteiger partial charge is 0.492 e. The molecule has 0 saturated carbocycles. The van der Waals surface area contributed by atoms with E-state index in [2.05, 4.69) is 20.8 Å². The van der Waals surface area contributed by atoms with Crippen LogP contribution in [0.25, 0.3) is 0 Å². The molecule has 0 aliphatic rings. The minimum absolute atomic E-state index is 0.146. The van der Waals surface area contributed by atoms with Crippen molar-refractivity contribution in [2.75, 3.05) is 0 Å². The van der Waals surface area contributed by atoms with Gasteiger partial charge >= 0.3 is 8.80 Å². The third kappa shape index (κ3) is 22.3. The molecule has 0 rings (SSSR count). The van der Waals surface area contributed by atoms with Gasteiger partial charge in [-0.15, -0.1) is 0 Å². The van der Waals surface area contributed by atoms with Crippen LogP contribution in [0.3, 0.4) is 0 Å². The van der Waals surface area contributed by atoms with Gasteiger partial charge in [0.15, 0.2) is 0 Å². The first-order valence-electron chi connectivity index (χ1n) is 12.1. The maximum absolute atomic E-state index is 9.19. The summed E-state index contributed by atoms with van der Waals surface area (Å²) < 4.78 is 0. The molecule has 0 radical (unpaired) electrons. The van der Waals surface area contributed by atoms with Crippen molar-refractivity contribution < 1.29 is 14.4 Å². The fourth-order valence-electron chi connectivity index (χ4n) is 4.17. The topological polar surface area (TPSA) is 86.7 Å². The average Bonchev–Trinajstić information content (AvgIpc) is 2.56. The average molecular weight is 418 g/mol. The Morgan fingerprint density at radius 3 is 1.46 bits per heavy atom. The lowest BCUT2D eigenvalue weighted by molar-refractivity contribution is 0.223. The molecule has 0 amide bonds. The van der Waals surface area contributed by atoms with E-state index in [0.717, 1.165) is 19.3 Å². The van der Waals surface area contributed by atoms with E-state index in [1.54, 1.807) is 0 Å². The van der Waals surface area contributed by atoms with Crippen LogP contribution in [0, 0.1) is 5.92 Å². The third-order valence-corrected chi connectivity index (χ3v) is 6.68. The summed E-state index contributed by atoms with van der Waals surface area (Å²) in [5.41, 5.74) is 6.01. The SMILES string of the molecule is CCCCCCCCCCCCCCCC(CCC[Si](O)(O)O)CC(C)(C)N. The van der Waals surface area contributed by atoms with Gasteiger partial charge in [-0.25, -0.2) is 0 Å². The second-order valence-corrected chi connectivity index (χ2v) is 11.8. The van der Waals surface area contributed by atoms with Crippen LogP contribution < -0.4 is 5.73 Å². The molecule has 0 aromatic heterocycles. The smallest absolute Gasteiger partial charge is 0.390 e. The molecule has 1 unspecified atom stereocenters. The summed E-state index contributed by atoms with van der Waals surface area (Å²) in [6, 6.07) is 0.146. The van der Waals surface area contributed by atoms with E-state index in [0.29, 0.717) is 12.3 Å². The first-order chi connectivity index (χ1) is 13.1. The molecule has 28 heavy (non-hydrogen) atoms. The maximum atomic E-state index is 9.19. The molecule has 0 heterocycles. The fraction of sp³-hybridized carbons (Fsp3) is 1.00. The molecule has 1 atom stereocenters. The Labute approximate surface area is 176 Å². The molecular formula is C23H51NO3Si. The highest BCUT2D eigenvalue weighted by molar-refractivity contribution is 6.56. The zero-order chi connectivity index (χ0) is 21.3. The highest BCUT2D eigenvalue weighted by Crippen LogP contribution is 2.26. The van der Waals surface area contributed by atoms with Crippen molar-refractivity contribution in [2.24, 2.45) is 11.7 Å². The van der Waals surface area contributed by atoms with E-state index in [4.69, 9.17) is 5.73 Å². The van der Waals surface area contributed by atoms with Crippen LogP contribution in [0.5, 0.6) is 0 Å². The van der Waals surface area contributed by atoms with Crippen molar-refractivity contribution in [1.29, 1.82) is 0 Å². The van der Waals surface area contributed by atoms with Crippen LogP contribution in [0.4, 0.5) is 0 Å². The molecule has 0 aromatic carbocycles. The Morgan fingerprint density at radius 2 is 1.07 bits per heavy atom. The van der Waals surface area contributed by atoms with E-state index in [9.17, 15) is 14.4 Å². The number of nitrogens with two attached hydrogens (primary N) is 1. The minimum Gasteiger partial charge on any atom is -0.390 e. The van der Waals surface area contributed by atoms with Crippen LogP contribution in [0.1, 0.15) is 130 Å². The van der Waals surface area contributed by atoms with Crippen LogP contribution in [-0.4, -0.2) is 28.7 Å². The summed E-state index contributed by atoms with van der Waals surface area (Å²) >= 11 is 0. The molecule has 0 aliphatic heterocycles. The van der Waals surface area contributed by atoms with Crippen LogP contribution in [0.15, 0.2) is 0 Å². The van der Waals surface area contributed by atoms with Gasteiger partial charge in [0.1, 0.15) is 0 Å². The molecule has 4 nitrogen and oxygen atoms in total. The highest BCUT2D eigenvalue weighted by atomic mass is 28.4. The van der Waals surface area contributed by atoms with Crippen LogP contribution >= 0.6 is 0 Å². The number of hydrogen-bond donors (Lipinski definition) is 4. The first-order valence-corrected chi connectivity index (χ1v) is 14.1. The summed E-state index contributed by atoms with van der Waals surface area (Å²) in [6.07, 6.45) is 21.5.